The first-order chi connectivity index (χ1) is 12.6. The lowest BCUT2D eigenvalue weighted by molar-refractivity contribution is -0.116. The summed E-state index contributed by atoms with van der Waals surface area (Å²) in [6.45, 7) is 2.16. The van der Waals surface area contributed by atoms with Gasteiger partial charge in [0.05, 0.1) is 0 Å². The summed E-state index contributed by atoms with van der Waals surface area (Å²) in [5, 5.41) is 2.82. The third kappa shape index (κ3) is 4.91. The minimum absolute atomic E-state index is 0.101. The van der Waals surface area contributed by atoms with Crippen LogP contribution in [-0.4, -0.2) is 24.8 Å². The van der Waals surface area contributed by atoms with E-state index in [-0.39, 0.29) is 30.3 Å². The molecule has 1 saturated heterocycles. The van der Waals surface area contributed by atoms with E-state index in [0.717, 1.165) is 18.8 Å². The predicted molar refractivity (Wildman–Crippen MR) is 101 cm³/mol. The van der Waals surface area contributed by atoms with E-state index in [1.54, 1.807) is 0 Å². The Bertz CT molecular complexity index is 751. The summed E-state index contributed by atoms with van der Waals surface area (Å²) in [5.74, 6) is -0.751. The van der Waals surface area contributed by atoms with Gasteiger partial charge >= 0.3 is 0 Å². The van der Waals surface area contributed by atoms with Gasteiger partial charge < -0.3 is 10.2 Å². The number of Topliss-reactive ketones (excluding diaryl/α,β-unsaturated/α-hetero) is 1. The van der Waals surface area contributed by atoms with Crippen LogP contribution in [0.2, 0.25) is 0 Å². The molecule has 0 radical (unpaired) electrons. The second-order valence-electron chi connectivity index (χ2n) is 6.57. The number of nitrogens with zero attached hydrogens (tertiary/aromatic N) is 1. The normalized spacial score (nSPS) is 14.1. The van der Waals surface area contributed by atoms with E-state index >= 15 is 0 Å². The van der Waals surface area contributed by atoms with Crippen LogP contribution in [0.1, 0.15) is 42.5 Å². The molecule has 1 amide bonds. The maximum atomic E-state index is 12.9. The number of nitrogens with one attached hydrogen (secondary N) is 1. The lowest BCUT2D eigenvalue weighted by Gasteiger charge is -2.28. The van der Waals surface area contributed by atoms with E-state index in [1.807, 2.05) is 24.3 Å². The van der Waals surface area contributed by atoms with Gasteiger partial charge in [0, 0.05) is 42.9 Å². The highest BCUT2D eigenvalue weighted by Gasteiger charge is 2.12. The number of carbonyl (C=O) groups excluding carboxylic acids is 2. The molecule has 2 aromatic carbocycles. The summed E-state index contributed by atoms with van der Waals surface area (Å²) < 4.78 is 12.9. The molecule has 1 aliphatic heterocycles. The first kappa shape index (κ1) is 18.1. The SMILES string of the molecule is O=C(CCC(=O)c1ccc(F)cc1)Nc1ccc(N2CCCCC2)cc1. The zero-order chi connectivity index (χ0) is 18.4. The summed E-state index contributed by atoms with van der Waals surface area (Å²) in [6.07, 6.45) is 3.94. The third-order valence-corrected chi connectivity index (χ3v) is 4.62. The third-order valence-electron chi connectivity index (χ3n) is 4.62. The Morgan fingerprint density at radius 1 is 0.885 bits per heavy atom. The average molecular weight is 354 g/mol. The summed E-state index contributed by atoms with van der Waals surface area (Å²) in [6, 6.07) is 13.2. The van der Waals surface area contributed by atoms with Gasteiger partial charge in [-0.15, -0.1) is 0 Å². The van der Waals surface area contributed by atoms with Crippen LogP contribution in [0, 0.1) is 5.82 Å². The Kier molecular flexibility index (Phi) is 6.00. The molecule has 136 valence electrons. The fourth-order valence-corrected chi connectivity index (χ4v) is 3.14. The van der Waals surface area contributed by atoms with Gasteiger partial charge in [0.2, 0.25) is 5.91 Å². The number of halogens is 1. The van der Waals surface area contributed by atoms with Gasteiger partial charge in [0.25, 0.3) is 0 Å². The van der Waals surface area contributed by atoms with Gasteiger partial charge in [-0.25, -0.2) is 4.39 Å². The minimum atomic E-state index is -0.382. The van der Waals surface area contributed by atoms with Crippen LogP contribution >= 0.6 is 0 Å². The lowest BCUT2D eigenvalue weighted by Crippen LogP contribution is -2.29. The fourth-order valence-electron chi connectivity index (χ4n) is 3.14. The van der Waals surface area contributed by atoms with Crippen LogP contribution in [0.5, 0.6) is 0 Å². The number of piperidine rings is 1. The molecule has 1 aliphatic rings. The Hall–Kier alpha value is -2.69. The molecule has 0 aliphatic carbocycles. The lowest BCUT2D eigenvalue weighted by atomic mass is 10.1. The van der Waals surface area contributed by atoms with Crippen molar-refractivity contribution in [3.63, 3.8) is 0 Å². The Balaban J connectivity index is 1.48. The Morgan fingerprint density at radius 2 is 1.54 bits per heavy atom. The van der Waals surface area contributed by atoms with Crippen molar-refractivity contribution in [2.45, 2.75) is 32.1 Å². The van der Waals surface area contributed by atoms with Crippen molar-refractivity contribution in [1.29, 1.82) is 0 Å². The summed E-state index contributed by atoms with van der Waals surface area (Å²) in [5.41, 5.74) is 2.32. The number of amides is 1. The predicted octanol–water partition coefficient (Wildman–Crippen LogP) is 4.42. The largest absolute Gasteiger partial charge is 0.372 e. The molecule has 2 aromatic rings. The van der Waals surface area contributed by atoms with Crippen LogP contribution < -0.4 is 10.2 Å². The van der Waals surface area contributed by atoms with Crippen molar-refractivity contribution in [3.05, 3.63) is 59.9 Å². The van der Waals surface area contributed by atoms with Gasteiger partial charge in [0.15, 0.2) is 5.78 Å². The van der Waals surface area contributed by atoms with Crippen molar-refractivity contribution in [2.75, 3.05) is 23.3 Å². The molecular weight excluding hydrogens is 331 g/mol. The molecule has 0 atom stereocenters. The molecule has 0 aromatic heterocycles. The van der Waals surface area contributed by atoms with E-state index < -0.39 is 0 Å². The van der Waals surface area contributed by atoms with Crippen molar-refractivity contribution in [1.82, 2.24) is 0 Å². The standard InChI is InChI=1S/C21H23FN2O2/c22-17-6-4-16(5-7-17)20(25)12-13-21(26)23-18-8-10-19(11-9-18)24-14-2-1-3-15-24/h4-11H,1-3,12-15H2,(H,23,26). The van der Waals surface area contributed by atoms with E-state index in [0.29, 0.717) is 5.56 Å². The molecule has 1 fully saturated rings. The summed E-state index contributed by atoms with van der Waals surface area (Å²) >= 11 is 0. The van der Waals surface area contributed by atoms with Gasteiger partial charge in [0.1, 0.15) is 5.82 Å². The first-order valence-electron chi connectivity index (χ1n) is 9.05. The first-order valence-corrected chi connectivity index (χ1v) is 9.05. The Labute approximate surface area is 153 Å². The number of hydrogen-bond acceptors (Lipinski definition) is 3. The average Bonchev–Trinajstić information content (AvgIpc) is 2.68. The monoisotopic (exact) mass is 354 g/mol. The van der Waals surface area contributed by atoms with Crippen LogP contribution in [0.4, 0.5) is 15.8 Å². The molecular formula is C21H23FN2O2. The molecule has 0 unspecified atom stereocenters. The topological polar surface area (TPSA) is 49.4 Å². The number of ketones is 1. The number of rotatable bonds is 6. The van der Waals surface area contributed by atoms with Crippen molar-refractivity contribution >= 4 is 23.1 Å². The molecule has 0 saturated carbocycles. The summed E-state index contributed by atoms with van der Waals surface area (Å²) in [4.78, 5) is 26.4. The number of hydrogen-bond donors (Lipinski definition) is 1. The Morgan fingerprint density at radius 3 is 2.19 bits per heavy atom. The number of carbonyl (C=O) groups is 2. The molecule has 1 heterocycles. The second-order valence-corrected chi connectivity index (χ2v) is 6.57. The maximum Gasteiger partial charge on any atom is 0.224 e. The van der Waals surface area contributed by atoms with E-state index in [4.69, 9.17) is 0 Å². The molecule has 4 nitrogen and oxygen atoms in total. The quantitative estimate of drug-likeness (QED) is 0.782. The smallest absolute Gasteiger partial charge is 0.224 e. The zero-order valence-corrected chi connectivity index (χ0v) is 14.7. The molecule has 0 bridgehead atoms. The number of anilines is 2. The van der Waals surface area contributed by atoms with Gasteiger partial charge in [-0.2, -0.15) is 0 Å². The highest BCUT2D eigenvalue weighted by molar-refractivity contribution is 6.00. The molecule has 1 N–H and O–H groups in total. The highest BCUT2D eigenvalue weighted by atomic mass is 19.1. The van der Waals surface area contributed by atoms with E-state index in [2.05, 4.69) is 10.2 Å². The zero-order valence-electron chi connectivity index (χ0n) is 14.7. The van der Waals surface area contributed by atoms with Crippen LogP contribution in [0.3, 0.4) is 0 Å². The fraction of sp³-hybridized carbons (Fsp3) is 0.333. The van der Waals surface area contributed by atoms with Gasteiger partial charge in [-0.1, -0.05) is 0 Å². The molecule has 5 heteroatoms. The van der Waals surface area contributed by atoms with Crippen molar-refractivity contribution in [2.24, 2.45) is 0 Å². The second kappa shape index (κ2) is 8.61. The number of benzene rings is 2. The van der Waals surface area contributed by atoms with Crippen molar-refractivity contribution < 1.29 is 14.0 Å². The highest BCUT2D eigenvalue weighted by Crippen LogP contribution is 2.22. The van der Waals surface area contributed by atoms with Gasteiger partial charge in [-0.3, -0.25) is 9.59 Å². The van der Waals surface area contributed by atoms with Gasteiger partial charge in [-0.05, 0) is 67.8 Å². The molecule has 26 heavy (non-hydrogen) atoms. The van der Waals surface area contributed by atoms with Crippen LogP contribution in [0.25, 0.3) is 0 Å². The van der Waals surface area contributed by atoms with Crippen molar-refractivity contribution in [3.8, 4) is 0 Å². The summed E-state index contributed by atoms with van der Waals surface area (Å²) in [7, 11) is 0. The maximum absolute atomic E-state index is 12.9. The van der Waals surface area contributed by atoms with E-state index in [1.165, 1.54) is 49.2 Å². The van der Waals surface area contributed by atoms with Crippen LogP contribution in [0.15, 0.2) is 48.5 Å². The van der Waals surface area contributed by atoms with E-state index in [9.17, 15) is 14.0 Å². The molecule has 3 rings (SSSR count). The van der Waals surface area contributed by atoms with Crippen LogP contribution in [-0.2, 0) is 4.79 Å². The minimum Gasteiger partial charge on any atom is -0.372 e. The molecule has 0 spiro atoms.